The van der Waals surface area contributed by atoms with Crippen LogP contribution in [0.4, 0.5) is 13.2 Å². The fourth-order valence-electron chi connectivity index (χ4n) is 3.34. The van der Waals surface area contributed by atoms with Crippen LogP contribution in [0, 0.1) is 6.92 Å². The molecule has 0 aliphatic rings. The lowest BCUT2D eigenvalue weighted by molar-refractivity contribution is -0.106. The van der Waals surface area contributed by atoms with E-state index in [0.717, 1.165) is 17.7 Å². The van der Waals surface area contributed by atoms with Gasteiger partial charge in [0.2, 0.25) is 10.0 Å². The number of hydrogen-bond donors (Lipinski definition) is 1. The van der Waals surface area contributed by atoms with Gasteiger partial charge in [-0.05, 0) is 31.9 Å². The minimum absolute atomic E-state index is 0.0311. The van der Waals surface area contributed by atoms with Crippen LogP contribution in [0.1, 0.15) is 31.4 Å². The molecule has 7 nitrogen and oxygen atoms in total. The van der Waals surface area contributed by atoms with E-state index in [1.165, 1.54) is 0 Å². The predicted molar refractivity (Wildman–Crippen MR) is 99.2 cm³/mol. The van der Waals surface area contributed by atoms with Crippen molar-refractivity contribution in [2.75, 3.05) is 12.3 Å². The number of sulfonamides is 1. The number of unbranched alkanes of at least 4 members (excludes halogenated alkanes) is 3. The topological polar surface area (TPSA) is 85.5 Å². The van der Waals surface area contributed by atoms with Crippen LogP contribution in [0.2, 0.25) is 0 Å². The lowest BCUT2D eigenvalue weighted by atomic mass is 10.2. The number of imidazole rings is 2. The molecule has 0 radical (unpaired) electrons. The van der Waals surface area contributed by atoms with E-state index in [1.807, 2.05) is 27.3 Å². The summed E-state index contributed by atoms with van der Waals surface area (Å²) in [5.74, 6) is -1.86. The van der Waals surface area contributed by atoms with Crippen molar-refractivity contribution in [2.24, 2.45) is 0 Å². The van der Waals surface area contributed by atoms with Crippen molar-refractivity contribution in [2.45, 2.75) is 45.3 Å². The zero-order chi connectivity index (χ0) is 20.5. The monoisotopic (exact) mass is 418 g/mol. The number of hydrogen-bond acceptors (Lipinski definition) is 4. The second-order valence-electron chi connectivity index (χ2n) is 6.76. The van der Waals surface area contributed by atoms with Crippen LogP contribution in [0.3, 0.4) is 0 Å². The number of alkyl halides is 3. The Bertz CT molecular complexity index is 1120. The van der Waals surface area contributed by atoms with E-state index in [2.05, 4.69) is 4.98 Å². The highest BCUT2D eigenvalue weighted by molar-refractivity contribution is 7.89. The summed E-state index contributed by atoms with van der Waals surface area (Å²) in [6, 6.07) is 5.55. The Labute approximate surface area is 159 Å². The molecule has 0 fully saturated rings. The van der Waals surface area contributed by atoms with E-state index in [-0.39, 0.29) is 12.1 Å². The van der Waals surface area contributed by atoms with E-state index in [4.69, 9.17) is 0 Å². The summed E-state index contributed by atoms with van der Waals surface area (Å²) < 4.78 is 64.4. The Balaban J connectivity index is 1.49. The van der Waals surface area contributed by atoms with Gasteiger partial charge in [0, 0.05) is 13.1 Å². The number of aromatic nitrogens is 3. The maximum atomic E-state index is 12.6. The zero-order valence-electron chi connectivity index (χ0n) is 15.3. The van der Waals surface area contributed by atoms with E-state index < -0.39 is 22.0 Å². The Morgan fingerprint density at radius 3 is 2.57 bits per heavy atom. The maximum absolute atomic E-state index is 12.6. The van der Waals surface area contributed by atoms with Gasteiger partial charge in [-0.15, -0.1) is 0 Å². The molecule has 0 atom stereocenters. The van der Waals surface area contributed by atoms with Crippen LogP contribution >= 0.6 is 0 Å². The normalized spacial score (nSPS) is 13.1. The zero-order valence-corrected chi connectivity index (χ0v) is 16.1. The third kappa shape index (κ3) is 4.46. The van der Waals surface area contributed by atoms with Gasteiger partial charge in [-0.1, -0.05) is 18.9 Å². The summed E-state index contributed by atoms with van der Waals surface area (Å²) in [5, 5.41) is 0. The van der Waals surface area contributed by atoms with Crippen molar-refractivity contribution in [1.29, 1.82) is 0 Å². The van der Waals surface area contributed by atoms with Gasteiger partial charge in [0.05, 0.1) is 5.69 Å². The smallest absolute Gasteiger partial charge is 0.292 e. The number of nitrogens with zero attached hydrogens (tertiary/aromatic N) is 3. The van der Waals surface area contributed by atoms with Crippen molar-refractivity contribution in [1.82, 2.24) is 18.7 Å². The number of rotatable bonds is 9. The summed E-state index contributed by atoms with van der Waals surface area (Å²) in [4.78, 5) is 17.0. The lowest BCUT2D eigenvalue weighted by Gasteiger charge is -2.09. The molecule has 3 heterocycles. The molecule has 3 aromatic heterocycles. The van der Waals surface area contributed by atoms with Gasteiger partial charge in [0.1, 0.15) is 16.8 Å². The van der Waals surface area contributed by atoms with Crippen LogP contribution < -0.4 is 10.3 Å². The number of pyridine rings is 1. The molecule has 28 heavy (non-hydrogen) atoms. The molecule has 0 saturated carbocycles. The molecule has 1 N–H and O–H groups in total. The summed E-state index contributed by atoms with van der Waals surface area (Å²) >= 11 is 0. The van der Waals surface area contributed by atoms with Crippen LogP contribution in [-0.2, 0) is 16.6 Å². The van der Waals surface area contributed by atoms with E-state index in [9.17, 15) is 26.4 Å². The first-order chi connectivity index (χ1) is 13.1. The first-order valence-electron chi connectivity index (χ1n) is 8.93. The van der Waals surface area contributed by atoms with Gasteiger partial charge in [0.15, 0.2) is 5.75 Å². The van der Waals surface area contributed by atoms with Crippen molar-refractivity contribution < 1.29 is 21.6 Å². The standard InChI is InChI=1S/C17H21F3N4O3S/c1-12-15-16(25)23(14-8-6-7-13(22-12)24(14)15)10-5-3-2-4-9-21-28(26,27)11-17(18,19)20/h6-8,21H,2-5,9-11H2,1H3. The average Bonchev–Trinajstić information content (AvgIpc) is 3.04. The minimum Gasteiger partial charge on any atom is -0.292 e. The molecule has 154 valence electrons. The van der Waals surface area contributed by atoms with Crippen molar-refractivity contribution in [3.05, 3.63) is 34.2 Å². The molecule has 0 bridgehead atoms. The maximum Gasteiger partial charge on any atom is 0.404 e. The first kappa shape index (κ1) is 20.6. The Hall–Kier alpha value is -2.14. The van der Waals surface area contributed by atoms with E-state index in [1.54, 1.807) is 11.5 Å². The van der Waals surface area contributed by atoms with Gasteiger partial charge < -0.3 is 0 Å². The second kappa shape index (κ2) is 7.70. The molecule has 3 aromatic rings. The number of halogens is 3. The Morgan fingerprint density at radius 2 is 1.86 bits per heavy atom. The van der Waals surface area contributed by atoms with Gasteiger partial charge in [-0.25, -0.2) is 18.1 Å². The SMILES string of the molecule is Cc1nc2cccc3n(CCCCCCNS(=O)(=O)CC(F)(F)F)c(=O)c1n23. The first-order valence-corrected chi connectivity index (χ1v) is 10.6. The molecule has 11 heteroatoms. The summed E-state index contributed by atoms with van der Waals surface area (Å²) in [6.45, 7) is 2.28. The molecule has 0 amide bonds. The average molecular weight is 418 g/mol. The van der Waals surface area contributed by atoms with Gasteiger partial charge in [-0.3, -0.25) is 13.8 Å². The van der Waals surface area contributed by atoms with E-state index in [0.29, 0.717) is 37.0 Å². The second-order valence-corrected chi connectivity index (χ2v) is 8.57. The molecule has 0 aliphatic heterocycles. The fraction of sp³-hybridized carbons (Fsp3) is 0.529. The molecule has 3 rings (SSSR count). The highest BCUT2D eigenvalue weighted by Gasteiger charge is 2.34. The summed E-state index contributed by atoms with van der Waals surface area (Å²) in [7, 11) is -4.34. The quantitative estimate of drug-likeness (QED) is 0.541. The highest BCUT2D eigenvalue weighted by atomic mass is 32.2. The minimum atomic E-state index is -4.75. The van der Waals surface area contributed by atoms with Gasteiger partial charge >= 0.3 is 6.18 Å². The predicted octanol–water partition coefficient (Wildman–Crippen LogP) is 2.44. The van der Waals surface area contributed by atoms with Crippen LogP contribution in [0.5, 0.6) is 0 Å². The highest BCUT2D eigenvalue weighted by Crippen LogP contribution is 2.18. The third-order valence-corrected chi connectivity index (χ3v) is 5.86. The Morgan fingerprint density at radius 1 is 1.14 bits per heavy atom. The van der Waals surface area contributed by atoms with E-state index >= 15 is 0 Å². The van der Waals surface area contributed by atoms with Crippen LogP contribution in [-0.4, -0.2) is 40.8 Å². The molecule has 0 unspecified atom stereocenters. The molecule has 0 aliphatic carbocycles. The van der Waals surface area contributed by atoms with Crippen LogP contribution in [0.25, 0.3) is 16.8 Å². The molecule has 0 spiro atoms. The third-order valence-electron chi connectivity index (χ3n) is 4.51. The van der Waals surface area contributed by atoms with Crippen molar-refractivity contribution in [3.8, 4) is 0 Å². The number of aryl methyl sites for hydroxylation is 2. The van der Waals surface area contributed by atoms with Crippen molar-refractivity contribution in [3.63, 3.8) is 0 Å². The van der Waals surface area contributed by atoms with Gasteiger partial charge in [0.25, 0.3) is 5.56 Å². The van der Waals surface area contributed by atoms with Crippen LogP contribution in [0.15, 0.2) is 23.0 Å². The summed E-state index contributed by atoms with van der Waals surface area (Å²) in [5.41, 5.74) is 2.67. The number of nitrogens with one attached hydrogen (secondary N) is 1. The largest absolute Gasteiger partial charge is 0.404 e. The fourth-order valence-corrected chi connectivity index (χ4v) is 4.33. The molecule has 0 aromatic carbocycles. The Kier molecular flexibility index (Phi) is 5.67. The molecule has 0 saturated heterocycles. The molecular formula is C17H21F3N4O3S. The lowest BCUT2D eigenvalue weighted by Crippen LogP contribution is -2.34. The molecular weight excluding hydrogens is 397 g/mol. The van der Waals surface area contributed by atoms with Gasteiger partial charge in [-0.2, -0.15) is 13.2 Å². The summed E-state index contributed by atoms with van der Waals surface area (Å²) in [6.07, 6.45) is -2.23. The van der Waals surface area contributed by atoms with Crippen molar-refractivity contribution >= 4 is 26.8 Å².